The van der Waals surface area contributed by atoms with E-state index in [1.54, 1.807) is 18.3 Å². The summed E-state index contributed by atoms with van der Waals surface area (Å²) in [5.74, 6) is 0.497. The normalized spacial score (nSPS) is 10.1. The predicted octanol–water partition coefficient (Wildman–Crippen LogP) is 1.21. The van der Waals surface area contributed by atoms with Crippen LogP contribution in [0.25, 0.3) is 0 Å². The average molecular weight is 251 g/mol. The Balaban J connectivity index is 2.42. The minimum absolute atomic E-state index is 0.174. The Morgan fingerprint density at radius 2 is 2.22 bits per heavy atom. The third-order valence-electron chi connectivity index (χ3n) is 2.28. The molecule has 0 aliphatic carbocycles. The second kappa shape index (κ2) is 8.47. The maximum atomic E-state index is 11.6. The molecule has 5 nitrogen and oxygen atoms in total. The number of hydrogen-bond donors (Lipinski definition) is 2. The number of nitrogens with one attached hydrogen (secondary N) is 2. The second-order valence-electron chi connectivity index (χ2n) is 3.83. The summed E-state index contributed by atoms with van der Waals surface area (Å²) in [5, 5.41) is 5.95. The van der Waals surface area contributed by atoms with Gasteiger partial charge in [-0.2, -0.15) is 0 Å². The molecule has 1 aromatic rings. The summed E-state index contributed by atoms with van der Waals surface area (Å²) in [5.41, 5.74) is 0.385. The minimum Gasteiger partial charge on any atom is -0.492 e. The number of carbonyl (C=O) groups excluding carboxylic acids is 1. The van der Waals surface area contributed by atoms with Crippen LogP contribution in [0.1, 0.15) is 30.8 Å². The Hall–Kier alpha value is -1.62. The molecule has 0 atom stereocenters. The van der Waals surface area contributed by atoms with E-state index in [1.807, 2.05) is 6.92 Å². The van der Waals surface area contributed by atoms with E-state index in [0.717, 1.165) is 19.5 Å². The van der Waals surface area contributed by atoms with Crippen LogP contribution in [0.5, 0.6) is 5.75 Å². The third kappa shape index (κ3) is 5.14. The number of carbonyl (C=O) groups is 1. The summed E-state index contributed by atoms with van der Waals surface area (Å²) in [6, 6.07) is 3.41. The summed E-state index contributed by atoms with van der Waals surface area (Å²) in [6.07, 6.45) is 2.69. The summed E-state index contributed by atoms with van der Waals surface area (Å²) in [6.45, 7) is 6.95. The van der Waals surface area contributed by atoms with Gasteiger partial charge < -0.3 is 15.4 Å². The van der Waals surface area contributed by atoms with Crippen molar-refractivity contribution in [1.82, 2.24) is 15.6 Å². The second-order valence-corrected chi connectivity index (χ2v) is 3.83. The van der Waals surface area contributed by atoms with Crippen molar-refractivity contribution in [3.05, 3.63) is 24.0 Å². The highest BCUT2D eigenvalue weighted by molar-refractivity contribution is 5.92. The van der Waals surface area contributed by atoms with Crippen LogP contribution in [-0.2, 0) is 0 Å². The van der Waals surface area contributed by atoms with Crippen LogP contribution in [0, 0.1) is 0 Å². The highest BCUT2D eigenvalue weighted by Gasteiger charge is 2.06. The maximum Gasteiger partial charge on any atom is 0.270 e. The van der Waals surface area contributed by atoms with Crippen LogP contribution >= 0.6 is 0 Å². The zero-order valence-electron chi connectivity index (χ0n) is 11.0. The molecule has 1 aromatic heterocycles. The van der Waals surface area contributed by atoms with Crippen molar-refractivity contribution in [2.75, 3.05) is 26.2 Å². The van der Waals surface area contributed by atoms with Gasteiger partial charge in [-0.1, -0.05) is 6.92 Å². The van der Waals surface area contributed by atoms with Gasteiger partial charge in [0.25, 0.3) is 5.91 Å². The SMILES string of the molecule is CCCNCCOc1ccnc(C(=O)NCC)c1. The van der Waals surface area contributed by atoms with Gasteiger partial charge in [-0.25, -0.2) is 0 Å². The molecule has 0 saturated carbocycles. The third-order valence-corrected chi connectivity index (χ3v) is 2.28. The first kappa shape index (κ1) is 14.4. The fraction of sp³-hybridized carbons (Fsp3) is 0.538. The van der Waals surface area contributed by atoms with Crippen LogP contribution in [0.3, 0.4) is 0 Å². The molecule has 100 valence electrons. The van der Waals surface area contributed by atoms with Gasteiger partial charge in [0.1, 0.15) is 18.1 Å². The molecular formula is C13H21N3O2. The Labute approximate surface area is 108 Å². The standard InChI is InChI=1S/C13H21N3O2/c1-3-6-14-8-9-18-11-5-7-16-12(10-11)13(17)15-4-2/h5,7,10,14H,3-4,6,8-9H2,1-2H3,(H,15,17). The van der Waals surface area contributed by atoms with Crippen molar-refractivity contribution in [3.8, 4) is 5.75 Å². The van der Waals surface area contributed by atoms with E-state index in [2.05, 4.69) is 22.5 Å². The fourth-order valence-electron chi connectivity index (χ4n) is 1.42. The van der Waals surface area contributed by atoms with Crippen LogP contribution in [0.2, 0.25) is 0 Å². The van der Waals surface area contributed by atoms with E-state index in [-0.39, 0.29) is 5.91 Å². The maximum absolute atomic E-state index is 11.6. The Kier molecular flexibility index (Phi) is 6.79. The van der Waals surface area contributed by atoms with Crippen LogP contribution in [0.4, 0.5) is 0 Å². The van der Waals surface area contributed by atoms with Crippen molar-refractivity contribution < 1.29 is 9.53 Å². The Morgan fingerprint density at radius 3 is 2.94 bits per heavy atom. The van der Waals surface area contributed by atoms with Crippen molar-refractivity contribution >= 4 is 5.91 Å². The molecule has 0 spiro atoms. The molecule has 0 bridgehead atoms. The van der Waals surface area contributed by atoms with Gasteiger partial charge in [-0.15, -0.1) is 0 Å². The molecule has 0 unspecified atom stereocenters. The molecule has 0 saturated heterocycles. The fourth-order valence-corrected chi connectivity index (χ4v) is 1.42. The Morgan fingerprint density at radius 1 is 1.39 bits per heavy atom. The van der Waals surface area contributed by atoms with Crippen molar-refractivity contribution in [2.45, 2.75) is 20.3 Å². The van der Waals surface area contributed by atoms with Crippen molar-refractivity contribution in [2.24, 2.45) is 0 Å². The van der Waals surface area contributed by atoms with Gasteiger partial charge in [-0.3, -0.25) is 9.78 Å². The lowest BCUT2D eigenvalue weighted by molar-refractivity contribution is 0.0950. The largest absolute Gasteiger partial charge is 0.492 e. The first-order valence-electron chi connectivity index (χ1n) is 6.35. The number of aromatic nitrogens is 1. The van der Waals surface area contributed by atoms with E-state index in [9.17, 15) is 4.79 Å². The molecule has 1 rings (SSSR count). The summed E-state index contributed by atoms with van der Waals surface area (Å²) in [4.78, 5) is 15.6. The van der Waals surface area contributed by atoms with Gasteiger partial charge in [0.15, 0.2) is 0 Å². The number of hydrogen-bond acceptors (Lipinski definition) is 4. The highest BCUT2D eigenvalue weighted by atomic mass is 16.5. The zero-order chi connectivity index (χ0) is 13.2. The number of ether oxygens (including phenoxy) is 1. The molecule has 0 fully saturated rings. The van der Waals surface area contributed by atoms with E-state index < -0.39 is 0 Å². The van der Waals surface area contributed by atoms with E-state index in [0.29, 0.717) is 24.6 Å². The van der Waals surface area contributed by atoms with Gasteiger partial charge in [0, 0.05) is 25.4 Å². The monoisotopic (exact) mass is 251 g/mol. The minimum atomic E-state index is -0.174. The number of rotatable bonds is 8. The molecule has 0 radical (unpaired) electrons. The first-order chi connectivity index (χ1) is 8.77. The van der Waals surface area contributed by atoms with Gasteiger partial charge in [0.05, 0.1) is 0 Å². The molecule has 1 heterocycles. The topological polar surface area (TPSA) is 63.2 Å². The lowest BCUT2D eigenvalue weighted by Crippen LogP contribution is -2.24. The first-order valence-corrected chi connectivity index (χ1v) is 6.35. The molecule has 18 heavy (non-hydrogen) atoms. The van der Waals surface area contributed by atoms with Gasteiger partial charge in [-0.05, 0) is 26.0 Å². The smallest absolute Gasteiger partial charge is 0.270 e. The van der Waals surface area contributed by atoms with Gasteiger partial charge in [0.2, 0.25) is 0 Å². The molecule has 0 aromatic carbocycles. The summed E-state index contributed by atoms with van der Waals surface area (Å²) >= 11 is 0. The van der Waals surface area contributed by atoms with E-state index >= 15 is 0 Å². The van der Waals surface area contributed by atoms with Crippen molar-refractivity contribution in [3.63, 3.8) is 0 Å². The van der Waals surface area contributed by atoms with Gasteiger partial charge >= 0.3 is 0 Å². The zero-order valence-corrected chi connectivity index (χ0v) is 11.0. The van der Waals surface area contributed by atoms with Crippen LogP contribution in [-0.4, -0.2) is 37.1 Å². The summed E-state index contributed by atoms with van der Waals surface area (Å²) < 4.78 is 5.54. The number of nitrogens with zero attached hydrogens (tertiary/aromatic N) is 1. The van der Waals surface area contributed by atoms with E-state index in [4.69, 9.17) is 4.74 Å². The quantitative estimate of drug-likeness (QED) is 0.682. The van der Waals surface area contributed by atoms with E-state index in [1.165, 1.54) is 0 Å². The molecule has 5 heteroatoms. The van der Waals surface area contributed by atoms with Crippen LogP contribution < -0.4 is 15.4 Å². The average Bonchev–Trinajstić information content (AvgIpc) is 2.39. The molecule has 0 aliphatic rings. The molecule has 0 aliphatic heterocycles. The molecule has 2 N–H and O–H groups in total. The Bertz CT molecular complexity index is 369. The van der Waals surface area contributed by atoms with Crippen molar-refractivity contribution in [1.29, 1.82) is 0 Å². The van der Waals surface area contributed by atoms with Crippen LogP contribution in [0.15, 0.2) is 18.3 Å². The molecule has 1 amide bonds. The molecular weight excluding hydrogens is 230 g/mol. The number of pyridine rings is 1. The summed E-state index contributed by atoms with van der Waals surface area (Å²) in [7, 11) is 0. The predicted molar refractivity (Wildman–Crippen MR) is 70.9 cm³/mol. The number of amides is 1. The lowest BCUT2D eigenvalue weighted by Gasteiger charge is -2.08. The lowest BCUT2D eigenvalue weighted by atomic mass is 10.3. The highest BCUT2D eigenvalue weighted by Crippen LogP contribution is 2.10.